The van der Waals surface area contributed by atoms with Gasteiger partial charge < -0.3 is 15.4 Å². The van der Waals surface area contributed by atoms with Gasteiger partial charge in [0.2, 0.25) is 5.91 Å². The van der Waals surface area contributed by atoms with E-state index in [1.807, 2.05) is 23.6 Å². The highest BCUT2D eigenvalue weighted by molar-refractivity contribution is 7.14. The molecule has 1 aromatic carbocycles. The van der Waals surface area contributed by atoms with Crippen molar-refractivity contribution in [1.29, 1.82) is 0 Å². The number of piperidine rings is 1. The number of hydrogen-bond acceptors (Lipinski definition) is 5. The average molecular weight is 380 g/mol. The Labute approximate surface area is 156 Å². The molecule has 1 fully saturated rings. The summed E-state index contributed by atoms with van der Waals surface area (Å²) in [5.74, 6) is 1.32. The topological polar surface area (TPSA) is 63.2 Å². The Balaban J connectivity index is 1.55. The molecule has 1 aromatic heterocycles. The normalized spacial score (nSPS) is 15.1. The number of nitrogens with one attached hydrogen (secondary N) is 2. The number of nitrogens with zero attached hydrogens (tertiary/aromatic N) is 1. The Kier molecular flexibility index (Phi) is 6.29. The largest absolute Gasteiger partial charge is 0.495 e. The number of carbonyl (C=O) groups excluding carboxylic acids is 1. The second-order valence-electron chi connectivity index (χ2n) is 6.17. The van der Waals surface area contributed by atoms with Crippen LogP contribution in [0.5, 0.6) is 5.75 Å². The highest BCUT2D eigenvalue weighted by Crippen LogP contribution is 2.31. The third-order valence-corrected chi connectivity index (χ3v) is 5.49. The van der Waals surface area contributed by atoms with Gasteiger partial charge in [-0.25, -0.2) is 4.98 Å². The highest BCUT2D eigenvalue weighted by Gasteiger charge is 2.15. The first-order chi connectivity index (χ1) is 12.2. The molecule has 0 aliphatic carbocycles. The number of methoxy groups -OCH3 is 1. The molecule has 0 bridgehead atoms. The van der Waals surface area contributed by atoms with Crippen LogP contribution < -0.4 is 15.4 Å². The maximum Gasteiger partial charge on any atom is 0.226 e. The van der Waals surface area contributed by atoms with Crippen LogP contribution in [0, 0.1) is 5.92 Å². The zero-order valence-corrected chi connectivity index (χ0v) is 15.8. The molecule has 0 saturated carbocycles. The van der Waals surface area contributed by atoms with E-state index < -0.39 is 0 Å². The molecule has 134 valence electrons. The molecule has 25 heavy (non-hydrogen) atoms. The lowest BCUT2D eigenvalue weighted by atomic mass is 9.93. The number of amides is 1. The minimum atomic E-state index is 0.0344. The lowest BCUT2D eigenvalue weighted by Crippen LogP contribution is -2.28. The summed E-state index contributed by atoms with van der Waals surface area (Å²) in [4.78, 5) is 16.6. The monoisotopic (exact) mass is 379 g/mol. The Morgan fingerprint density at radius 2 is 2.24 bits per heavy atom. The van der Waals surface area contributed by atoms with E-state index in [9.17, 15) is 4.79 Å². The van der Waals surface area contributed by atoms with Crippen molar-refractivity contribution in [3.8, 4) is 17.0 Å². The molecule has 3 rings (SSSR count). The molecule has 0 unspecified atom stereocenters. The van der Waals surface area contributed by atoms with Gasteiger partial charge in [-0.2, -0.15) is 0 Å². The van der Waals surface area contributed by atoms with Gasteiger partial charge in [-0.3, -0.25) is 4.79 Å². The molecule has 1 amide bonds. The van der Waals surface area contributed by atoms with Crippen molar-refractivity contribution in [1.82, 2.24) is 10.3 Å². The predicted molar refractivity (Wildman–Crippen MR) is 103 cm³/mol. The van der Waals surface area contributed by atoms with Crippen LogP contribution in [0.25, 0.3) is 11.3 Å². The lowest BCUT2D eigenvalue weighted by Gasteiger charge is -2.21. The molecule has 7 heteroatoms. The van der Waals surface area contributed by atoms with Crippen molar-refractivity contribution in [2.75, 3.05) is 25.5 Å². The number of thiazole rings is 1. The fourth-order valence-electron chi connectivity index (χ4n) is 2.98. The van der Waals surface area contributed by atoms with Crippen molar-refractivity contribution >= 4 is 34.0 Å². The first-order valence-corrected chi connectivity index (χ1v) is 9.71. The van der Waals surface area contributed by atoms with Crippen molar-refractivity contribution in [2.24, 2.45) is 5.92 Å². The van der Waals surface area contributed by atoms with Crippen LogP contribution in [0.4, 0.5) is 5.13 Å². The molecule has 2 aromatic rings. The van der Waals surface area contributed by atoms with E-state index in [2.05, 4.69) is 15.6 Å². The van der Waals surface area contributed by atoms with E-state index in [-0.39, 0.29) is 5.91 Å². The minimum Gasteiger partial charge on any atom is -0.495 e. The number of rotatable bonds is 6. The minimum absolute atomic E-state index is 0.0344. The van der Waals surface area contributed by atoms with E-state index in [0.29, 0.717) is 28.2 Å². The van der Waals surface area contributed by atoms with Gasteiger partial charge in [0.1, 0.15) is 5.75 Å². The molecule has 1 aliphatic heterocycles. The van der Waals surface area contributed by atoms with Gasteiger partial charge in [0.05, 0.1) is 17.8 Å². The maximum atomic E-state index is 12.1. The van der Waals surface area contributed by atoms with Crippen molar-refractivity contribution in [3.63, 3.8) is 0 Å². The number of ether oxygens (including phenoxy) is 1. The molecule has 5 nitrogen and oxygen atoms in total. The smallest absolute Gasteiger partial charge is 0.226 e. The van der Waals surface area contributed by atoms with Crippen LogP contribution in [0.3, 0.4) is 0 Å². The Bertz CT molecular complexity index is 729. The second kappa shape index (κ2) is 8.65. The maximum absolute atomic E-state index is 12.1. The Morgan fingerprint density at radius 3 is 2.96 bits per heavy atom. The lowest BCUT2D eigenvalue weighted by molar-refractivity contribution is -0.116. The summed E-state index contributed by atoms with van der Waals surface area (Å²) in [7, 11) is 1.58. The van der Waals surface area contributed by atoms with Gasteiger partial charge in [-0.1, -0.05) is 11.6 Å². The van der Waals surface area contributed by atoms with Crippen molar-refractivity contribution < 1.29 is 9.53 Å². The van der Waals surface area contributed by atoms with Gasteiger partial charge in [-0.05, 0) is 56.5 Å². The third kappa shape index (κ3) is 4.93. The summed E-state index contributed by atoms with van der Waals surface area (Å²) in [5.41, 5.74) is 1.69. The zero-order chi connectivity index (χ0) is 17.6. The second-order valence-corrected chi connectivity index (χ2v) is 7.43. The van der Waals surface area contributed by atoms with Crippen molar-refractivity contribution in [2.45, 2.75) is 25.7 Å². The van der Waals surface area contributed by atoms with Gasteiger partial charge >= 0.3 is 0 Å². The van der Waals surface area contributed by atoms with E-state index in [4.69, 9.17) is 16.3 Å². The Hall–Kier alpha value is -1.63. The number of halogens is 1. The summed E-state index contributed by atoms with van der Waals surface area (Å²) in [6.07, 6.45) is 3.81. The fraction of sp³-hybridized carbons (Fsp3) is 0.444. The van der Waals surface area contributed by atoms with Crippen LogP contribution in [0.1, 0.15) is 25.7 Å². The number of anilines is 1. The van der Waals surface area contributed by atoms with E-state index in [1.54, 1.807) is 7.11 Å². The quantitative estimate of drug-likeness (QED) is 0.789. The molecule has 1 aliphatic rings. The van der Waals surface area contributed by atoms with Crippen LogP contribution in [-0.2, 0) is 4.79 Å². The van der Waals surface area contributed by atoms with Crippen LogP contribution in [-0.4, -0.2) is 31.1 Å². The average Bonchev–Trinajstić information content (AvgIpc) is 3.09. The van der Waals surface area contributed by atoms with Crippen LogP contribution in [0.15, 0.2) is 23.6 Å². The number of hydrogen-bond donors (Lipinski definition) is 2. The van der Waals surface area contributed by atoms with E-state index >= 15 is 0 Å². The molecule has 2 N–H and O–H groups in total. The number of aromatic nitrogens is 1. The van der Waals surface area contributed by atoms with Gasteiger partial charge in [-0.15, -0.1) is 11.3 Å². The molecular weight excluding hydrogens is 358 g/mol. The summed E-state index contributed by atoms with van der Waals surface area (Å²) < 4.78 is 5.16. The Morgan fingerprint density at radius 1 is 1.44 bits per heavy atom. The SMILES string of the molecule is COc1ccc(-c2csc(NC(=O)CCC3CCNCC3)n2)cc1Cl. The third-order valence-electron chi connectivity index (χ3n) is 4.44. The molecular formula is C18H22ClN3O2S. The summed E-state index contributed by atoms with van der Waals surface area (Å²) in [5, 5.41) is 9.33. The molecule has 0 radical (unpaired) electrons. The van der Waals surface area contributed by atoms with Crippen LogP contribution in [0.2, 0.25) is 5.02 Å². The molecule has 1 saturated heterocycles. The number of benzene rings is 1. The summed E-state index contributed by atoms with van der Waals surface area (Å²) >= 11 is 7.58. The zero-order valence-electron chi connectivity index (χ0n) is 14.2. The highest BCUT2D eigenvalue weighted by atomic mass is 35.5. The van der Waals surface area contributed by atoms with Gasteiger partial charge in [0.15, 0.2) is 5.13 Å². The number of carbonyl (C=O) groups is 1. The summed E-state index contributed by atoms with van der Waals surface area (Å²) in [6, 6.07) is 5.54. The predicted octanol–water partition coefficient (Wildman–Crippen LogP) is 4.19. The standard InChI is InChI=1S/C18H22ClN3O2S/c1-24-16-4-3-13(10-14(16)19)15-11-25-18(21-15)22-17(23)5-2-12-6-8-20-9-7-12/h3-4,10-12,20H,2,5-9H2,1H3,(H,21,22,23). The van der Waals surface area contributed by atoms with Crippen LogP contribution >= 0.6 is 22.9 Å². The van der Waals surface area contributed by atoms with Gasteiger partial charge in [0.25, 0.3) is 0 Å². The molecule has 0 atom stereocenters. The molecule has 0 spiro atoms. The van der Waals surface area contributed by atoms with E-state index in [1.165, 1.54) is 11.3 Å². The first-order valence-electron chi connectivity index (χ1n) is 8.45. The molecule has 2 heterocycles. The first kappa shape index (κ1) is 18.2. The van der Waals surface area contributed by atoms with E-state index in [0.717, 1.165) is 43.6 Å². The fourth-order valence-corrected chi connectivity index (χ4v) is 3.97. The van der Waals surface area contributed by atoms with Crippen molar-refractivity contribution in [3.05, 3.63) is 28.6 Å². The summed E-state index contributed by atoms with van der Waals surface area (Å²) in [6.45, 7) is 2.12. The van der Waals surface area contributed by atoms with Gasteiger partial charge in [0, 0.05) is 17.4 Å².